The number of hydrogen-bond donors (Lipinski definition) is 1. The number of anilines is 1. The molecule has 36 heavy (non-hydrogen) atoms. The van der Waals surface area contributed by atoms with Crippen LogP contribution < -0.4 is 21.9 Å². The Morgan fingerprint density at radius 1 is 1.06 bits per heavy atom. The van der Waals surface area contributed by atoms with Crippen molar-refractivity contribution in [3.8, 4) is 11.8 Å². The van der Waals surface area contributed by atoms with E-state index in [4.69, 9.17) is 10.7 Å². The summed E-state index contributed by atoms with van der Waals surface area (Å²) >= 11 is 2.99. The molecule has 1 saturated heterocycles. The lowest BCUT2D eigenvalue weighted by molar-refractivity contribution is 0.496. The molecule has 10 nitrogen and oxygen atoms in total. The highest BCUT2D eigenvalue weighted by molar-refractivity contribution is 7.11. The Balaban J connectivity index is 1.76. The van der Waals surface area contributed by atoms with Gasteiger partial charge >= 0.3 is 5.69 Å². The first kappa shape index (κ1) is 24.4. The van der Waals surface area contributed by atoms with Gasteiger partial charge in [-0.1, -0.05) is 5.92 Å². The van der Waals surface area contributed by atoms with Crippen molar-refractivity contribution in [1.29, 1.82) is 0 Å². The third-order valence-corrected chi connectivity index (χ3v) is 8.01. The van der Waals surface area contributed by atoms with Gasteiger partial charge in [0.2, 0.25) is 5.95 Å². The van der Waals surface area contributed by atoms with E-state index in [9.17, 15) is 9.59 Å². The standard InChI is InChI=1S/C24H28N8O2S2/c1-4-5-9-30-20-21(28-23(30)29-8-6-7-17(25)12-29)31(13-18-10-26-15(2)35-18)24(34)32(22(20)33)14-19-11-27-16(3)36-19/h10-11,17H,6-9,12-14,25H2,1-3H3/t17-/m1/s1. The molecule has 12 heteroatoms. The molecule has 0 aliphatic carbocycles. The van der Waals surface area contributed by atoms with Crippen LogP contribution >= 0.6 is 22.7 Å². The smallest absolute Gasteiger partial charge is 0.333 e. The van der Waals surface area contributed by atoms with Gasteiger partial charge in [0.1, 0.15) is 0 Å². The summed E-state index contributed by atoms with van der Waals surface area (Å²) in [4.78, 5) is 45.0. The summed E-state index contributed by atoms with van der Waals surface area (Å²) in [7, 11) is 0. The highest BCUT2D eigenvalue weighted by Crippen LogP contribution is 2.24. The number of thiazole rings is 2. The second kappa shape index (κ2) is 10.0. The van der Waals surface area contributed by atoms with Crippen molar-refractivity contribution in [3.63, 3.8) is 0 Å². The molecule has 4 aromatic heterocycles. The second-order valence-corrected chi connectivity index (χ2v) is 11.5. The van der Waals surface area contributed by atoms with Crippen molar-refractivity contribution in [3.05, 3.63) is 53.0 Å². The SMILES string of the molecule is CC#CCn1c(N2CCC[C@@H](N)C2)nc2c1c(=O)n(Cc1cnc(C)s1)c(=O)n2Cc1cnc(C)s1. The summed E-state index contributed by atoms with van der Waals surface area (Å²) in [5, 5.41) is 1.79. The number of aryl methyl sites for hydroxylation is 2. The zero-order valence-corrected chi connectivity index (χ0v) is 22.2. The summed E-state index contributed by atoms with van der Waals surface area (Å²) < 4.78 is 4.71. The quantitative estimate of drug-likeness (QED) is 0.383. The minimum atomic E-state index is -0.405. The van der Waals surface area contributed by atoms with Crippen molar-refractivity contribution in [2.45, 2.75) is 59.3 Å². The van der Waals surface area contributed by atoms with Gasteiger partial charge in [-0.3, -0.25) is 18.5 Å². The average molecular weight is 525 g/mol. The van der Waals surface area contributed by atoms with Crippen LogP contribution in [-0.2, 0) is 19.6 Å². The first-order chi connectivity index (χ1) is 17.4. The van der Waals surface area contributed by atoms with Crippen molar-refractivity contribution in [1.82, 2.24) is 28.7 Å². The zero-order chi connectivity index (χ0) is 25.4. The Labute approximate surface area is 216 Å². The summed E-state index contributed by atoms with van der Waals surface area (Å²) in [5.41, 5.74) is 6.22. The van der Waals surface area contributed by atoms with E-state index in [1.807, 2.05) is 18.4 Å². The number of piperidine rings is 1. The van der Waals surface area contributed by atoms with Crippen LogP contribution in [0.1, 0.15) is 39.5 Å². The lowest BCUT2D eigenvalue weighted by atomic mass is 10.1. The van der Waals surface area contributed by atoms with Gasteiger partial charge in [-0.05, 0) is 33.6 Å². The summed E-state index contributed by atoms with van der Waals surface area (Å²) in [6.45, 7) is 7.73. The predicted molar refractivity (Wildman–Crippen MR) is 143 cm³/mol. The topological polar surface area (TPSA) is 117 Å². The molecule has 0 saturated carbocycles. The minimum Gasteiger partial charge on any atom is -0.341 e. The Bertz CT molecular complexity index is 1600. The van der Waals surface area contributed by atoms with Crippen LogP contribution in [0.4, 0.5) is 5.95 Å². The number of imidazole rings is 1. The van der Waals surface area contributed by atoms with Crippen LogP contribution in [0.15, 0.2) is 22.0 Å². The van der Waals surface area contributed by atoms with Gasteiger partial charge in [0.25, 0.3) is 5.56 Å². The molecule has 0 radical (unpaired) electrons. The highest BCUT2D eigenvalue weighted by Gasteiger charge is 2.27. The molecule has 2 N–H and O–H groups in total. The van der Waals surface area contributed by atoms with Gasteiger partial charge in [0.05, 0.1) is 29.6 Å². The molecule has 0 amide bonds. The molecule has 1 aliphatic heterocycles. The predicted octanol–water partition coefficient (Wildman–Crippen LogP) is 1.94. The molecule has 0 unspecified atom stereocenters. The molecule has 0 aromatic carbocycles. The van der Waals surface area contributed by atoms with Gasteiger partial charge in [-0.15, -0.1) is 28.6 Å². The molecule has 5 rings (SSSR count). The van der Waals surface area contributed by atoms with Crippen molar-refractivity contribution >= 4 is 39.8 Å². The molecule has 1 atom stereocenters. The number of aromatic nitrogens is 6. The summed E-state index contributed by atoms with van der Waals surface area (Å²) in [6, 6.07) is 0.0258. The van der Waals surface area contributed by atoms with E-state index < -0.39 is 5.69 Å². The van der Waals surface area contributed by atoms with Crippen LogP contribution in [0.5, 0.6) is 0 Å². The molecule has 0 bridgehead atoms. The van der Waals surface area contributed by atoms with Crippen LogP contribution in [-0.4, -0.2) is 47.8 Å². The maximum Gasteiger partial charge on any atom is 0.333 e. The van der Waals surface area contributed by atoms with E-state index in [0.29, 0.717) is 30.2 Å². The van der Waals surface area contributed by atoms with E-state index in [1.54, 1.807) is 23.9 Å². The summed E-state index contributed by atoms with van der Waals surface area (Å²) in [5.74, 6) is 6.63. The number of nitrogens with two attached hydrogens (primary N) is 1. The largest absolute Gasteiger partial charge is 0.341 e. The fraction of sp³-hybridized carbons (Fsp3) is 0.458. The van der Waals surface area contributed by atoms with Crippen LogP contribution in [0.2, 0.25) is 0 Å². The molecular formula is C24H28N8O2S2. The third kappa shape index (κ3) is 4.61. The van der Waals surface area contributed by atoms with E-state index in [1.165, 1.54) is 27.2 Å². The molecule has 1 fully saturated rings. The molecule has 5 heterocycles. The number of fused-ring (bicyclic) bond motifs is 1. The lowest BCUT2D eigenvalue weighted by Crippen LogP contribution is -2.44. The first-order valence-electron chi connectivity index (χ1n) is 11.8. The molecule has 1 aliphatic rings. The van der Waals surface area contributed by atoms with Crippen molar-refractivity contribution in [2.75, 3.05) is 18.0 Å². The maximum atomic E-state index is 13.9. The highest BCUT2D eigenvalue weighted by atomic mass is 32.1. The molecule has 188 valence electrons. The molecule has 0 spiro atoms. The van der Waals surface area contributed by atoms with E-state index in [-0.39, 0.29) is 24.7 Å². The Hall–Kier alpha value is -3.27. The number of hydrogen-bond acceptors (Lipinski definition) is 9. The van der Waals surface area contributed by atoms with Gasteiger partial charge in [0, 0.05) is 41.3 Å². The van der Waals surface area contributed by atoms with Crippen molar-refractivity contribution in [2.24, 2.45) is 5.73 Å². The monoisotopic (exact) mass is 524 g/mol. The lowest BCUT2D eigenvalue weighted by Gasteiger charge is -2.31. The second-order valence-electron chi connectivity index (χ2n) is 8.90. The van der Waals surface area contributed by atoms with Gasteiger partial charge in [-0.2, -0.15) is 4.98 Å². The number of rotatable bonds is 6. The maximum absolute atomic E-state index is 13.9. The van der Waals surface area contributed by atoms with E-state index >= 15 is 0 Å². The van der Waals surface area contributed by atoms with Crippen LogP contribution in [0.25, 0.3) is 11.2 Å². The van der Waals surface area contributed by atoms with Gasteiger partial charge in [-0.25, -0.2) is 14.8 Å². The van der Waals surface area contributed by atoms with Crippen molar-refractivity contribution < 1.29 is 0 Å². The Morgan fingerprint density at radius 3 is 2.31 bits per heavy atom. The fourth-order valence-electron chi connectivity index (χ4n) is 4.57. The average Bonchev–Trinajstić information content (AvgIpc) is 3.56. The minimum absolute atomic E-state index is 0.0258. The summed E-state index contributed by atoms with van der Waals surface area (Å²) in [6.07, 6.45) is 5.37. The zero-order valence-electron chi connectivity index (χ0n) is 20.5. The van der Waals surface area contributed by atoms with Crippen LogP contribution in [0, 0.1) is 25.7 Å². The third-order valence-electron chi connectivity index (χ3n) is 6.22. The number of nitrogens with zero attached hydrogens (tertiary/aromatic N) is 7. The van der Waals surface area contributed by atoms with Gasteiger partial charge < -0.3 is 10.6 Å². The normalized spacial score (nSPS) is 15.9. The van der Waals surface area contributed by atoms with Gasteiger partial charge in [0.15, 0.2) is 11.2 Å². The first-order valence-corrected chi connectivity index (χ1v) is 13.5. The van der Waals surface area contributed by atoms with Crippen LogP contribution in [0.3, 0.4) is 0 Å². The molecular weight excluding hydrogens is 496 g/mol. The van der Waals surface area contributed by atoms with E-state index in [2.05, 4.69) is 26.7 Å². The Morgan fingerprint density at radius 2 is 1.72 bits per heavy atom. The Kier molecular flexibility index (Phi) is 6.79. The van der Waals surface area contributed by atoms with E-state index in [0.717, 1.165) is 39.2 Å². The molecule has 4 aromatic rings. The fourth-order valence-corrected chi connectivity index (χ4v) is 6.14.